The molecule has 0 aliphatic carbocycles. The van der Waals surface area contributed by atoms with E-state index in [-0.39, 0.29) is 18.9 Å². The number of carbonyl (C=O) groups is 3. The Kier molecular flexibility index (Phi) is 9.51. The molecule has 1 aromatic rings. The lowest BCUT2D eigenvalue weighted by Gasteiger charge is -2.26. The maximum atomic E-state index is 12.7. The van der Waals surface area contributed by atoms with Crippen LogP contribution in [0.1, 0.15) is 32.8 Å². The van der Waals surface area contributed by atoms with Crippen LogP contribution in [0, 0.1) is 23.2 Å². The molecule has 8 heteroatoms. The van der Waals surface area contributed by atoms with Crippen LogP contribution in [0.3, 0.4) is 0 Å². The van der Waals surface area contributed by atoms with Crippen LogP contribution in [-0.4, -0.2) is 37.2 Å². The summed E-state index contributed by atoms with van der Waals surface area (Å²) < 4.78 is 9.87. The van der Waals surface area contributed by atoms with Gasteiger partial charge in [0, 0.05) is 12.3 Å². The fourth-order valence-corrected chi connectivity index (χ4v) is 2.49. The van der Waals surface area contributed by atoms with Gasteiger partial charge in [0.1, 0.15) is 18.7 Å². The number of alkyl carbamates (subject to hydrolysis) is 1. The van der Waals surface area contributed by atoms with Crippen molar-refractivity contribution >= 4 is 18.0 Å². The van der Waals surface area contributed by atoms with E-state index in [0.29, 0.717) is 0 Å². The van der Waals surface area contributed by atoms with Crippen molar-refractivity contribution in [2.75, 3.05) is 7.11 Å². The summed E-state index contributed by atoms with van der Waals surface area (Å²) in [5.41, 5.74) is 0.819. The van der Waals surface area contributed by atoms with Crippen molar-refractivity contribution in [2.24, 2.45) is 11.8 Å². The number of hydrogen-bond donors (Lipinski definition) is 2. The van der Waals surface area contributed by atoms with Crippen molar-refractivity contribution in [2.45, 2.75) is 45.9 Å². The van der Waals surface area contributed by atoms with Gasteiger partial charge in [-0.05, 0) is 11.5 Å². The molecule has 2 N–H and O–H groups in total. The van der Waals surface area contributed by atoms with Crippen LogP contribution in [0.15, 0.2) is 30.3 Å². The molecule has 2 amide bonds. The first-order valence-electron chi connectivity index (χ1n) is 9.02. The maximum Gasteiger partial charge on any atom is 0.408 e. The summed E-state index contributed by atoms with van der Waals surface area (Å²) in [5, 5.41) is 14.0. The molecule has 0 unspecified atom stereocenters. The SMILES string of the molecule is COC(=O)[C@@H](NC(=O)[C@H](NC(=O)OCc1ccccc1)C(C)C)[C@H](C)CC#N. The maximum absolute atomic E-state index is 12.7. The van der Waals surface area contributed by atoms with E-state index < -0.39 is 36.0 Å². The van der Waals surface area contributed by atoms with Gasteiger partial charge >= 0.3 is 12.1 Å². The van der Waals surface area contributed by atoms with Gasteiger partial charge in [-0.1, -0.05) is 51.1 Å². The van der Waals surface area contributed by atoms with E-state index in [0.717, 1.165) is 5.56 Å². The standard InChI is InChI=1S/C20H27N3O5/c1-13(2)16(23-20(26)28-12-15-8-6-5-7-9-15)18(24)22-17(19(25)27-4)14(3)10-11-21/h5-9,13-14,16-17H,10,12H2,1-4H3,(H,22,24)(H,23,26)/t14-,16-,17+/m1/s1. The molecule has 0 aliphatic rings. The Morgan fingerprint density at radius 1 is 1.07 bits per heavy atom. The van der Waals surface area contributed by atoms with E-state index in [2.05, 4.69) is 10.6 Å². The van der Waals surface area contributed by atoms with Crippen molar-refractivity contribution in [1.82, 2.24) is 10.6 Å². The van der Waals surface area contributed by atoms with Crippen molar-refractivity contribution < 1.29 is 23.9 Å². The number of amides is 2. The van der Waals surface area contributed by atoms with Crippen LogP contribution in [0.5, 0.6) is 0 Å². The summed E-state index contributed by atoms with van der Waals surface area (Å²) in [7, 11) is 1.21. The summed E-state index contributed by atoms with van der Waals surface area (Å²) in [6, 6.07) is 9.22. The van der Waals surface area contributed by atoms with Gasteiger partial charge in [0.05, 0.1) is 13.2 Å². The molecule has 0 heterocycles. The first-order valence-corrected chi connectivity index (χ1v) is 9.02. The fourth-order valence-electron chi connectivity index (χ4n) is 2.49. The molecule has 0 bridgehead atoms. The monoisotopic (exact) mass is 389 g/mol. The van der Waals surface area contributed by atoms with Crippen molar-refractivity contribution in [1.29, 1.82) is 5.26 Å². The van der Waals surface area contributed by atoms with Gasteiger partial charge in [-0.25, -0.2) is 9.59 Å². The smallest absolute Gasteiger partial charge is 0.408 e. The number of nitriles is 1. The number of esters is 1. The second-order valence-corrected chi connectivity index (χ2v) is 6.78. The highest BCUT2D eigenvalue weighted by molar-refractivity contribution is 5.90. The number of ether oxygens (including phenoxy) is 2. The van der Waals surface area contributed by atoms with Gasteiger partial charge in [0.25, 0.3) is 0 Å². The van der Waals surface area contributed by atoms with Gasteiger partial charge < -0.3 is 20.1 Å². The number of carbonyl (C=O) groups excluding carboxylic acids is 3. The second kappa shape index (κ2) is 11.6. The molecular weight excluding hydrogens is 362 g/mol. The molecule has 8 nitrogen and oxygen atoms in total. The average molecular weight is 389 g/mol. The lowest BCUT2D eigenvalue weighted by molar-refractivity contribution is -0.146. The van der Waals surface area contributed by atoms with E-state index >= 15 is 0 Å². The molecule has 0 fully saturated rings. The third-order valence-corrected chi connectivity index (χ3v) is 4.17. The minimum absolute atomic E-state index is 0.0684. The molecule has 28 heavy (non-hydrogen) atoms. The molecule has 1 aromatic carbocycles. The molecule has 152 valence electrons. The molecule has 0 saturated carbocycles. The molecule has 0 aromatic heterocycles. The minimum Gasteiger partial charge on any atom is -0.467 e. The molecule has 0 spiro atoms. The number of hydrogen-bond acceptors (Lipinski definition) is 6. The van der Waals surface area contributed by atoms with Crippen molar-refractivity contribution in [3.8, 4) is 6.07 Å². The van der Waals surface area contributed by atoms with E-state index in [1.54, 1.807) is 20.8 Å². The van der Waals surface area contributed by atoms with Gasteiger partial charge in [-0.15, -0.1) is 0 Å². The summed E-state index contributed by atoms with van der Waals surface area (Å²) >= 11 is 0. The van der Waals surface area contributed by atoms with Crippen LogP contribution < -0.4 is 10.6 Å². The quantitative estimate of drug-likeness (QED) is 0.625. The molecular formula is C20H27N3O5. The fraction of sp³-hybridized carbons (Fsp3) is 0.500. The van der Waals surface area contributed by atoms with E-state index in [1.807, 2.05) is 36.4 Å². The highest BCUT2D eigenvalue weighted by Crippen LogP contribution is 2.11. The summed E-state index contributed by atoms with van der Waals surface area (Å²) in [6.45, 7) is 5.25. The van der Waals surface area contributed by atoms with Crippen LogP contribution in [0.25, 0.3) is 0 Å². The molecule has 0 aliphatic heterocycles. The summed E-state index contributed by atoms with van der Waals surface area (Å²) in [4.78, 5) is 36.7. The number of nitrogens with one attached hydrogen (secondary N) is 2. The van der Waals surface area contributed by atoms with Crippen molar-refractivity contribution in [3.63, 3.8) is 0 Å². The van der Waals surface area contributed by atoms with Gasteiger partial charge in [-0.3, -0.25) is 4.79 Å². The third-order valence-electron chi connectivity index (χ3n) is 4.17. The highest BCUT2D eigenvalue weighted by atomic mass is 16.5. The van der Waals surface area contributed by atoms with Crippen LogP contribution in [0.2, 0.25) is 0 Å². The number of benzene rings is 1. The predicted octanol–water partition coefficient (Wildman–Crippen LogP) is 2.14. The van der Waals surface area contributed by atoms with Crippen LogP contribution in [0.4, 0.5) is 4.79 Å². The van der Waals surface area contributed by atoms with Crippen molar-refractivity contribution in [3.05, 3.63) is 35.9 Å². The number of methoxy groups -OCH3 is 1. The Morgan fingerprint density at radius 3 is 2.25 bits per heavy atom. The van der Waals surface area contributed by atoms with E-state index in [4.69, 9.17) is 14.7 Å². The zero-order valence-corrected chi connectivity index (χ0v) is 16.6. The zero-order chi connectivity index (χ0) is 21.1. The van der Waals surface area contributed by atoms with E-state index in [9.17, 15) is 14.4 Å². The predicted molar refractivity (Wildman–Crippen MR) is 102 cm³/mol. The lowest BCUT2D eigenvalue weighted by Crippen LogP contribution is -2.55. The largest absolute Gasteiger partial charge is 0.467 e. The first-order chi connectivity index (χ1) is 13.3. The molecule has 3 atom stereocenters. The van der Waals surface area contributed by atoms with Gasteiger partial charge in [-0.2, -0.15) is 5.26 Å². The Balaban J connectivity index is 2.74. The molecule has 0 saturated heterocycles. The van der Waals surface area contributed by atoms with Gasteiger partial charge in [0.2, 0.25) is 5.91 Å². The Bertz CT molecular complexity index is 700. The van der Waals surface area contributed by atoms with Gasteiger partial charge in [0.15, 0.2) is 0 Å². The third kappa shape index (κ3) is 7.27. The first kappa shape index (κ1) is 23.0. The molecule has 1 rings (SSSR count). The zero-order valence-electron chi connectivity index (χ0n) is 16.6. The lowest BCUT2D eigenvalue weighted by atomic mass is 9.97. The average Bonchev–Trinajstić information content (AvgIpc) is 2.68. The Hall–Kier alpha value is -3.08. The number of rotatable bonds is 9. The number of nitrogens with zero attached hydrogens (tertiary/aromatic N) is 1. The van der Waals surface area contributed by atoms with Crippen LogP contribution >= 0.6 is 0 Å². The summed E-state index contributed by atoms with van der Waals surface area (Å²) in [6.07, 6.45) is -0.670. The highest BCUT2D eigenvalue weighted by Gasteiger charge is 2.32. The van der Waals surface area contributed by atoms with E-state index in [1.165, 1.54) is 7.11 Å². The normalized spacial score (nSPS) is 13.6. The second-order valence-electron chi connectivity index (χ2n) is 6.78. The molecule has 0 radical (unpaired) electrons. The Morgan fingerprint density at radius 2 is 1.71 bits per heavy atom. The Labute approximate surface area is 165 Å². The topological polar surface area (TPSA) is 118 Å². The summed E-state index contributed by atoms with van der Waals surface area (Å²) in [5.74, 6) is -1.90. The minimum atomic E-state index is -0.986. The van der Waals surface area contributed by atoms with Crippen LogP contribution in [-0.2, 0) is 25.7 Å².